The molecule has 0 aromatic rings. The van der Waals surface area contributed by atoms with Gasteiger partial charge in [-0.05, 0) is 134 Å². The molecule has 5 saturated carbocycles. The molecule has 1 heteroatoms. The summed E-state index contributed by atoms with van der Waals surface area (Å²) < 4.78 is 0. The Bertz CT molecular complexity index is 781. The van der Waals surface area contributed by atoms with E-state index in [0.717, 1.165) is 23.7 Å². The second-order valence-electron chi connectivity index (χ2n) is 15.0. The van der Waals surface area contributed by atoms with Crippen molar-refractivity contribution < 1.29 is 5.11 Å². The first-order chi connectivity index (χ1) is 14.9. The van der Waals surface area contributed by atoms with Gasteiger partial charge in [-0.2, -0.15) is 0 Å². The molecule has 1 nitrogen and oxygen atoms in total. The molecular formula is C31H52O. The minimum absolute atomic E-state index is 0.181. The maximum atomic E-state index is 10.7. The highest BCUT2D eigenvalue weighted by molar-refractivity contribution is 5.21. The Labute approximate surface area is 199 Å². The Kier molecular flexibility index (Phi) is 5.21. The van der Waals surface area contributed by atoms with Crippen LogP contribution in [-0.4, -0.2) is 11.7 Å². The minimum Gasteiger partial charge on any atom is -0.396 e. The summed E-state index contributed by atoms with van der Waals surface area (Å²) in [4.78, 5) is 0. The predicted octanol–water partition coefficient (Wildman–Crippen LogP) is 8.27. The molecule has 5 fully saturated rings. The van der Waals surface area contributed by atoms with E-state index in [1.54, 1.807) is 0 Å². The van der Waals surface area contributed by atoms with Gasteiger partial charge in [0.25, 0.3) is 0 Å². The van der Waals surface area contributed by atoms with E-state index >= 15 is 0 Å². The molecule has 0 heterocycles. The van der Waals surface area contributed by atoms with E-state index in [4.69, 9.17) is 0 Å². The molecule has 0 radical (unpaired) electrons. The molecule has 1 N–H and O–H groups in total. The molecule has 0 aliphatic heterocycles. The molecule has 0 aromatic heterocycles. The average Bonchev–Trinajstić information content (AvgIpc) is 3.12. The third-order valence-electron chi connectivity index (χ3n) is 14.1. The zero-order chi connectivity index (χ0) is 23.3. The smallest absolute Gasteiger partial charge is 0.0490 e. The number of rotatable bonds is 2. The summed E-state index contributed by atoms with van der Waals surface area (Å²) >= 11 is 0. The summed E-state index contributed by atoms with van der Waals surface area (Å²) in [5.74, 6) is 4.67. The van der Waals surface area contributed by atoms with Crippen LogP contribution in [0.15, 0.2) is 12.2 Å². The van der Waals surface area contributed by atoms with Crippen LogP contribution in [0.25, 0.3) is 0 Å². The van der Waals surface area contributed by atoms with Gasteiger partial charge in [0.2, 0.25) is 0 Å². The highest BCUT2D eigenvalue weighted by atomic mass is 16.3. The van der Waals surface area contributed by atoms with Crippen molar-refractivity contribution in [2.75, 3.05) is 6.61 Å². The zero-order valence-corrected chi connectivity index (χ0v) is 22.4. The van der Waals surface area contributed by atoms with Gasteiger partial charge < -0.3 is 5.11 Å². The molecule has 32 heavy (non-hydrogen) atoms. The molecule has 5 rings (SSSR count). The lowest BCUT2D eigenvalue weighted by atomic mass is 9.32. The van der Waals surface area contributed by atoms with Gasteiger partial charge in [-0.25, -0.2) is 0 Å². The number of aliphatic hydroxyl groups is 1. The molecule has 0 spiro atoms. The van der Waals surface area contributed by atoms with Crippen molar-refractivity contribution in [2.24, 2.45) is 62.6 Å². The standard InChI is InChI=1S/C31H52O/c1-20(2)22-12-16-31(19-32)18-17-29(7)23(26(22)31)9-10-25-28(6)14-11-21(3)27(4,5)24(28)13-15-30(25,29)8/h21-26,32H,1,9-19H2,2-8H3/t21?,22?,23?,24?,25?,26?,28-,29+,30+,31?/m0/s1. The summed E-state index contributed by atoms with van der Waals surface area (Å²) in [7, 11) is 0. The summed E-state index contributed by atoms with van der Waals surface area (Å²) in [6.45, 7) is 23.1. The monoisotopic (exact) mass is 440 g/mol. The summed E-state index contributed by atoms with van der Waals surface area (Å²) in [5, 5.41) is 10.7. The normalized spacial score (nSPS) is 56.5. The molecule has 182 valence electrons. The molecule has 0 amide bonds. The topological polar surface area (TPSA) is 20.2 Å². The van der Waals surface area contributed by atoms with Crippen LogP contribution in [0.1, 0.15) is 113 Å². The van der Waals surface area contributed by atoms with E-state index in [0.29, 0.717) is 40.1 Å². The van der Waals surface area contributed by atoms with E-state index in [9.17, 15) is 5.11 Å². The second kappa shape index (κ2) is 7.11. The van der Waals surface area contributed by atoms with Crippen LogP contribution in [0.2, 0.25) is 0 Å². The van der Waals surface area contributed by atoms with Crippen molar-refractivity contribution in [3.63, 3.8) is 0 Å². The van der Waals surface area contributed by atoms with Crippen molar-refractivity contribution in [1.29, 1.82) is 0 Å². The first-order valence-electron chi connectivity index (χ1n) is 14.1. The summed E-state index contributed by atoms with van der Waals surface area (Å²) in [6, 6.07) is 0. The number of hydrogen-bond acceptors (Lipinski definition) is 1. The summed E-state index contributed by atoms with van der Waals surface area (Å²) in [5.41, 5.74) is 3.41. The number of aliphatic hydroxyl groups excluding tert-OH is 1. The number of fused-ring (bicyclic) bond motifs is 7. The van der Waals surface area contributed by atoms with Crippen LogP contribution in [-0.2, 0) is 0 Å². The molecular weight excluding hydrogens is 388 g/mol. The summed E-state index contributed by atoms with van der Waals surface area (Å²) in [6.07, 6.45) is 13.6. The first kappa shape index (κ1) is 23.4. The minimum atomic E-state index is 0.181. The van der Waals surface area contributed by atoms with Crippen molar-refractivity contribution in [2.45, 2.75) is 113 Å². The quantitative estimate of drug-likeness (QED) is 0.428. The predicted molar refractivity (Wildman–Crippen MR) is 135 cm³/mol. The molecule has 10 atom stereocenters. The first-order valence-corrected chi connectivity index (χ1v) is 14.1. The highest BCUT2D eigenvalue weighted by Crippen LogP contribution is 2.77. The Hall–Kier alpha value is -0.300. The van der Waals surface area contributed by atoms with Crippen molar-refractivity contribution in [3.05, 3.63) is 12.2 Å². The van der Waals surface area contributed by atoms with E-state index < -0.39 is 0 Å². The number of allylic oxidation sites excluding steroid dienone is 1. The van der Waals surface area contributed by atoms with E-state index in [1.807, 2.05) is 0 Å². The van der Waals surface area contributed by atoms with Crippen LogP contribution in [0.4, 0.5) is 0 Å². The van der Waals surface area contributed by atoms with Crippen LogP contribution < -0.4 is 0 Å². The Morgan fingerprint density at radius 1 is 0.812 bits per heavy atom. The second-order valence-corrected chi connectivity index (χ2v) is 15.0. The van der Waals surface area contributed by atoms with Gasteiger partial charge in [0.1, 0.15) is 0 Å². The highest BCUT2D eigenvalue weighted by Gasteiger charge is 2.70. The molecule has 0 bridgehead atoms. The van der Waals surface area contributed by atoms with Crippen LogP contribution in [0.5, 0.6) is 0 Å². The van der Waals surface area contributed by atoms with Gasteiger partial charge >= 0.3 is 0 Å². The molecule has 0 saturated heterocycles. The largest absolute Gasteiger partial charge is 0.396 e. The van der Waals surface area contributed by atoms with Crippen molar-refractivity contribution in [1.82, 2.24) is 0 Å². The number of hydrogen-bond donors (Lipinski definition) is 1. The van der Waals surface area contributed by atoms with Gasteiger partial charge in [0, 0.05) is 6.61 Å². The fourth-order valence-corrected chi connectivity index (χ4v) is 11.7. The van der Waals surface area contributed by atoms with Gasteiger partial charge in [-0.1, -0.05) is 53.7 Å². The average molecular weight is 441 g/mol. The Morgan fingerprint density at radius 2 is 1.53 bits per heavy atom. The maximum absolute atomic E-state index is 10.7. The van der Waals surface area contributed by atoms with Gasteiger partial charge in [0.15, 0.2) is 0 Å². The Balaban J connectivity index is 1.55. The third kappa shape index (κ3) is 2.67. The molecule has 7 unspecified atom stereocenters. The van der Waals surface area contributed by atoms with E-state index in [1.165, 1.54) is 69.8 Å². The Morgan fingerprint density at radius 3 is 2.19 bits per heavy atom. The molecule has 5 aliphatic carbocycles. The van der Waals surface area contributed by atoms with Crippen LogP contribution in [0, 0.1) is 62.6 Å². The van der Waals surface area contributed by atoms with Crippen molar-refractivity contribution >= 4 is 0 Å². The molecule has 0 aromatic carbocycles. The lowest BCUT2D eigenvalue weighted by Gasteiger charge is -2.73. The van der Waals surface area contributed by atoms with Crippen molar-refractivity contribution in [3.8, 4) is 0 Å². The molecule has 5 aliphatic rings. The lowest BCUT2D eigenvalue weighted by Crippen LogP contribution is -2.66. The van der Waals surface area contributed by atoms with E-state index in [2.05, 4.69) is 55.0 Å². The van der Waals surface area contributed by atoms with Gasteiger partial charge in [-0.15, -0.1) is 0 Å². The van der Waals surface area contributed by atoms with Crippen LogP contribution >= 0.6 is 0 Å². The zero-order valence-electron chi connectivity index (χ0n) is 22.4. The van der Waals surface area contributed by atoms with Crippen LogP contribution in [0.3, 0.4) is 0 Å². The third-order valence-corrected chi connectivity index (χ3v) is 14.1. The fraction of sp³-hybridized carbons (Fsp3) is 0.935. The fourth-order valence-electron chi connectivity index (χ4n) is 11.7. The lowest BCUT2D eigenvalue weighted by molar-refractivity contribution is -0.243. The van der Waals surface area contributed by atoms with Gasteiger partial charge in [-0.3, -0.25) is 0 Å². The maximum Gasteiger partial charge on any atom is 0.0490 e. The van der Waals surface area contributed by atoms with E-state index in [-0.39, 0.29) is 5.41 Å². The van der Waals surface area contributed by atoms with Gasteiger partial charge in [0.05, 0.1) is 0 Å². The SMILES string of the molecule is C=C(C)C1CCC2(CO)CC[C@]3(C)C(CCC4[C@@]5(C)CCC(C)C(C)(C)C5CC[C@]43C)C12.